The molecule has 14 rings (SSSR count). The fraction of sp³-hybridized carbons (Fsp3) is 0.200. The molecule has 0 heteroatoms. The van der Waals surface area contributed by atoms with Gasteiger partial charge in [0.1, 0.15) is 0 Å². The van der Waals surface area contributed by atoms with E-state index in [1.54, 1.807) is 0 Å². The average molecular weight is 899 g/mol. The Morgan fingerprint density at radius 2 is 0.557 bits per heavy atom. The molecule has 0 heterocycles. The molecule has 0 fully saturated rings. The van der Waals surface area contributed by atoms with Crippen molar-refractivity contribution >= 4 is 64.6 Å². The molecular weight excluding hydrogens is 841 g/mol. The van der Waals surface area contributed by atoms with E-state index in [9.17, 15) is 0 Å². The van der Waals surface area contributed by atoms with Crippen molar-refractivity contribution in [2.75, 3.05) is 0 Å². The van der Waals surface area contributed by atoms with Crippen LogP contribution in [0.4, 0.5) is 0 Å². The molecule has 0 atom stereocenters. The number of hydrogen-bond acceptors (Lipinski definition) is 0. The van der Waals surface area contributed by atoms with E-state index in [4.69, 9.17) is 0 Å². The zero-order valence-corrected chi connectivity index (χ0v) is 42.2. The highest BCUT2D eigenvalue weighted by atomic mass is 14.4. The molecule has 70 heavy (non-hydrogen) atoms. The topological polar surface area (TPSA) is 0 Å². The Kier molecular flexibility index (Phi) is 8.18. The minimum atomic E-state index is -0.121. The number of benzene rings is 12. The van der Waals surface area contributed by atoms with Crippen molar-refractivity contribution in [2.24, 2.45) is 0 Å². The number of fused-ring (bicyclic) bond motifs is 8. The van der Waals surface area contributed by atoms with Crippen molar-refractivity contribution in [1.82, 2.24) is 0 Å². The van der Waals surface area contributed by atoms with Gasteiger partial charge in [-0.2, -0.15) is 0 Å². The maximum absolute atomic E-state index is 2.49. The molecule has 0 spiro atoms. The summed E-state index contributed by atoms with van der Waals surface area (Å²) in [6, 6.07) is 66.4. The van der Waals surface area contributed by atoms with E-state index in [1.165, 1.54) is 154 Å². The minimum Gasteiger partial charge on any atom is -0.0561 e. The van der Waals surface area contributed by atoms with Crippen molar-refractivity contribution in [3.8, 4) is 55.6 Å². The summed E-state index contributed by atoms with van der Waals surface area (Å²) in [5.74, 6) is 0. The van der Waals surface area contributed by atoms with Crippen LogP contribution in [0.15, 0.2) is 170 Å². The molecule has 12 aromatic rings. The quantitative estimate of drug-likeness (QED) is 0.155. The van der Waals surface area contributed by atoms with Crippen LogP contribution in [-0.2, 0) is 21.7 Å². The van der Waals surface area contributed by atoms with Crippen LogP contribution in [0.25, 0.3) is 120 Å². The number of hydrogen-bond donors (Lipinski definition) is 0. The van der Waals surface area contributed by atoms with Crippen LogP contribution in [-0.4, -0.2) is 0 Å². The standard InChI is InChI=1S/C70H58/c1-67(2,3)51-31-45-19-21-49-37-59-65(55-29-25-47(33-51)61(45)63(49)55)53-27-23-43(35-57(53)69(59,7)8)41-15-11-39(12-16-41)40-13-17-42(18-14-40)44-24-28-54-58(36-44)70(9,10)60-38-50-22-20-46-32-52(68(4,5)6)34-48-26-30-56(66(54)60)64(50)62(46)48/h11-38H,1-10H3. The van der Waals surface area contributed by atoms with Crippen LogP contribution in [0.5, 0.6) is 0 Å². The maximum atomic E-state index is 2.49. The van der Waals surface area contributed by atoms with E-state index in [0.29, 0.717) is 0 Å². The van der Waals surface area contributed by atoms with Gasteiger partial charge < -0.3 is 0 Å². The van der Waals surface area contributed by atoms with Gasteiger partial charge in [0, 0.05) is 10.8 Å². The molecule has 338 valence electrons. The molecule has 0 amide bonds. The third kappa shape index (κ3) is 5.71. The maximum Gasteiger partial charge on any atom is 0.0159 e. The Balaban J connectivity index is 0.766. The van der Waals surface area contributed by atoms with Crippen LogP contribution in [0.3, 0.4) is 0 Å². The molecule has 0 bridgehead atoms. The molecule has 0 aliphatic heterocycles. The molecule has 2 aliphatic rings. The van der Waals surface area contributed by atoms with Gasteiger partial charge >= 0.3 is 0 Å². The molecule has 0 nitrogen and oxygen atoms in total. The smallest absolute Gasteiger partial charge is 0.0159 e. The summed E-state index contributed by atoms with van der Waals surface area (Å²) in [5.41, 5.74) is 21.4. The Morgan fingerprint density at radius 1 is 0.271 bits per heavy atom. The summed E-state index contributed by atoms with van der Waals surface area (Å²) >= 11 is 0. The third-order valence-electron chi connectivity index (χ3n) is 17.2. The lowest BCUT2D eigenvalue weighted by molar-refractivity contribution is 0.591. The van der Waals surface area contributed by atoms with Gasteiger partial charge in [-0.3, -0.25) is 0 Å². The van der Waals surface area contributed by atoms with Crippen LogP contribution in [0, 0.1) is 0 Å². The predicted molar refractivity (Wildman–Crippen MR) is 303 cm³/mol. The molecule has 0 saturated carbocycles. The van der Waals surface area contributed by atoms with Gasteiger partial charge in [0.15, 0.2) is 0 Å². The highest BCUT2D eigenvalue weighted by Gasteiger charge is 2.39. The lowest BCUT2D eigenvalue weighted by Gasteiger charge is -2.24. The second-order valence-electron chi connectivity index (χ2n) is 24.2. The van der Waals surface area contributed by atoms with Crippen LogP contribution >= 0.6 is 0 Å². The number of rotatable bonds is 3. The van der Waals surface area contributed by atoms with Crippen molar-refractivity contribution in [3.05, 3.63) is 203 Å². The zero-order chi connectivity index (χ0) is 48.0. The second-order valence-corrected chi connectivity index (χ2v) is 24.2. The van der Waals surface area contributed by atoms with Crippen LogP contribution in [0.2, 0.25) is 0 Å². The summed E-state index contributed by atoms with van der Waals surface area (Å²) in [6.07, 6.45) is 0. The van der Waals surface area contributed by atoms with Crippen molar-refractivity contribution in [2.45, 2.75) is 90.9 Å². The third-order valence-corrected chi connectivity index (χ3v) is 17.2. The van der Waals surface area contributed by atoms with Gasteiger partial charge in [0.05, 0.1) is 0 Å². The molecule has 0 unspecified atom stereocenters. The van der Waals surface area contributed by atoms with Gasteiger partial charge in [0.2, 0.25) is 0 Å². The average Bonchev–Trinajstić information content (AvgIpc) is 3.72. The van der Waals surface area contributed by atoms with Gasteiger partial charge in [-0.05, 0) is 189 Å². The predicted octanol–water partition coefficient (Wildman–Crippen LogP) is 19.7. The van der Waals surface area contributed by atoms with Gasteiger partial charge in [-0.15, -0.1) is 0 Å². The largest absolute Gasteiger partial charge is 0.0561 e. The fourth-order valence-corrected chi connectivity index (χ4v) is 13.1. The lowest BCUT2D eigenvalue weighted by Crippen LogP contribution is -2.15. The van der Waals surface area contributed by atoms with E-state index >= 15 is 0 Å². The summed E-state index contributed by atoms with van der Waals surface area (Å²) in [4.78, 5) is 0. The van der Waals surface area contributed by atoms with E-state index in [0.717, 1.165) is 0 Å². The first-order chi connectivity index (χ1) is 33.4. The molecule has 0 aromatic heterocycles. The fourth-order valence-electron chi connectivity index (χ4n) is 13.1. The van der Waals surface area contributed by atoms with Gasteiger partial charge in [-0.25, -0.2) is 0 Å². The van der Waals surface area contributed by atoms with Gasteiger partial charge in [0.25, 0.3) is 0 Å². The summed E-state index contributed by atoms with van der Waals surface area (Å²) in [5, 5.41) is 16.4. The van der Waals surface area contributed by atoms with E-state index in [1.807, 2.05) is 0 Å². The molecule has 0 N–H and O–H groups in total. The molecule has 0 saturated heterocycles. The second kappa shape index (κ2) is 13.7. The zero-order valence-electron chi connectivity index (χ0n) is 42.2. The first kappa shape index (κ1) is 41.7. The van der Waals surface area contributed by atoms with Crippen LogP contribution < -0.4 is 0 Å². The molecule has 12 aromatic carbocycles. The molecule has 0 radical (unpaired) electrons. The summed E-state index contributed by atoms with van der Waals surface area (Å²) in [6.45, 7) is 23.5. The highest BCUT2D eigenvalue weighted by molar-refractivity contribution is 6.28. The van der Waals surface area contributed by atoms with Crippen molar-refractivity contribution in [1.29, 1.82) is 0 Å². The Hall–Kier alpha value is -7.28. The Bertz CT molecular complexity index is 3880. The summed E-state index contributed by atoms with van der Waals surface area (Å²) < 4.78 is 0. The first-order valence-electron chi connectivity index (χ1n) is 25.5. The minimum absolute atomic E-state index is 0.0970. The monoisotopic (exact) mass is 898 g/mol. The van der Waals surface area contributed by atoms with E-state index in [-0.39, 0.29) is 21.7 Å². The van der Waals surface area contributed by atoms with E-state index in [2.05, 4.69) is 239 Å². The first-order valence-corrected chi connectivity index (χ1v) is 25.5. The van der Waals surface area contributed by atoms with Crippen molar-refractivity contribution < 1.29 is 0 Å². The van der Waals surface area contributed by atoms with Crippen molar-refractivity contribution in [3.63, 3.8) is 0 Å². The van der Waals surface area contributed by atoms with Gasteiger partial charge in [-0.1, -0.05) is 215 Å². The normalized spacial score (nSPS) is 14.9. The van der Waals surface area contributed by atoms with Crippen LogP contribution in [0.1, 0.15) is 103 Å². The Labute approximate surface area is 412 Å². The molecular formula is C70H58. The highest BCUT2D eigenvalue weighted by Crippen LogP contribution is 2.56. The summed E-state index contributed by atoms with van der Waals surface area (Å²) in [7, 11) is 0. The lowest BCUT2D eigenvalue weighted by atomic mass is 9.79. The Morgan fingerprint density at radius 3 is 0.886 bits per heavy atom. The molecule has 2 aliphatic carbocycles. The SMILES string of the molecule is CC(C)(C)c1cc2ccc3cc4c(c5ccc(c1)c2c35)-c1ccc(-c2ccc(-c3ccc(-c5ccc6c(c5)C(C)(C)c5cc7ccc8cc(C(C)(C)C)cc9ccc(c5-6)c7c89)cc3)cc2)cc1C4(C)C. The van der Waals surface area contributed by atoms with E-state index < -0.39 is 0 Å².